The van der Waals surface area contributed by atoms with Crippen molar-refractivity contribution in [2.75, 3.05) is 10.6 Å². The van der Waals surface area contributed by atoms with Crippen LogP contribution in [0.4, 0.5) is 11.4 Å². The van der Waals surface area contributed by atoms with Gasteiger partial charge in [0.05, 0.1) is 21.3 Å². The molecule has 2 rings (SSSR count). The van der Waals surface area contributed by atoms with Crippen LogP contribution in [0.25, 0.3) is 0 Å². The van der Waals surface area contributed by atoms with Crippen LogP contribution in [0, 0.1) is 0 Å². The van der Waals surface area contributed by atoms with Crippen LogP contribution in [0.5, 0.6) is 5.75 Å². The SMILES string of the molecule is CCC(NS(=O)(=O)c1ccccc1)C(=O)Nc1cc(O)c(NC(=O)C(C)=NO)cc1Cl. The normalized spacial score (nSPS) is 12.8. The van der Waals surface area contributed by atoms with Crippen LogP contribution in [-0.4, -0.2) is 42.3 Å². The summed E-state index contributed by atoms with van der Waals surface area (Å²) in [5, 5.41) is 26.2. The van der Waals surface area contributed by atoms with Gasteiger partial charge in [0, 0.05) is 6.07 Å². The van der Waals surface area contributed by atoms with Crippen molar-refractivity contribution in [1.82, 2.24) is 4.72 Å². The number of anilines is 2. The summed E-state index contributed by atoms with van der Waals surface area (Å²) in [6, 6.07) is 8.77. The van der Waals surface area contributed by atoms with E-state index in [1.807, 2.05) is 0 Å². The molecule has 0 radical (unpaired) electrons. The maximum absolute atomic E-state index is 12.6. The van der Waals surface area contributed by atoms with Crippen LogP contribution in [0.2, 0.25) is 5.02 Å². The first kappa shape index (κ1) is 24.1. The maximum atomic E-state index is 12.6. The molecule has 0 heterocycles. The van der Waals surface area contributed by atoms with Gasteiger partial charge in [0.15, 0.2) is 0 Å². The molecule has 2 amide bonds. The number of phenolic OH excluding ortho intramolecular Hbond substituents is 1. The van der Waals surface area contributed by atoms with Gasteiger partial charge >= 0.3 is 0 Å². The Morgan fingerprint density at radius 3 is 2.35 bits per heavy atom. The number of phenols is 1. The van der Waals surface area contributed by atoms with Crippen LogP contribution in [-0.2, 0) is 19.6 Å². The lowest BCUT2D eigenvalue weighted by Crippen LogP contribution is -2.43. The van der Waals surface area contributed by atoms with E-state index in [1.165, 1.54) is 25.1 Å². The number of nitrogens with one attached hydrogen (secondary N) is 3. The number of carbonyl (C=O) groups excluding carboxylic acids is 2. The Morgan fingerprint density at radius 1 is 1.13 bits per heavy atom. The number of rotatable bonds is 8. The molecular formula is C19H21ClN4O6S. The second kappa shape index (κ2) is 10.2. The van der Waals surface area contributed by atoms with E-state index in [9.17, 15) is 23.1 Å². The molecule has 0 aliphatic rings. The van der Waals surface area contributed by atoms with E-state index in [0.29, 0.717) is 0 Å². The number of amides is 2. The van der Waals surface area contributed by atoms with Crippen molar-refractivity contribution in [3.8, 4) is 5.75 Å². The maximum Gasteiger partial charge on any atom is 0.273 e. The molecule has 0 spiro atoms. The third-order valence-electron chi connectivity index (χ3n) is 4.15. The fourth-order valence-electron chi connectivity index (χ4n) is 2.41. The number of hydrogen-bond acceptors (Lipinski definition) is 7. The first-order valence-corrected chi connectivity index (χ1v) is 10.9. The summed E-state index contributed by atoms with van der Waals surface area (Å²) in [6.45, 7) is 2.88. The van der Waals surface area contributed by atoms with E-state index in [1.54, 1.807) is 25.1 Å². The standard InChI is InChI=1S/C19H21ClN4O6S/c1-3-14(24-31(29,30)12-7-5-4-6-8-12)19(27)21-15-10-17(25)16(9-13(15)20)22-18(26)11(2)23-28/h4-10,14,24-25,28H,3H2,1-2H3,(H,21,27)(H,22,26). The molecule has 0 aromatic heterocycles. The average molecular weight is 469 g/mol. The van der Waals surface area contributed by atoms with E-state index in [4.69, 9.17) is 16.8 Å². The minimum Gasteiger partial charge on any atom is -0.506 e. The number of oxime groups is 1. The Morgan fingerprint density at radius 2 is 1.77 bits per heavy atom. The van der Waals surface area contributed by atoms with Gasteiger partial charge in [0.25, 0.3) is 5.91 Å². The summed E-state index contributed by atoms with van der Waals surface area (Å²) in [6.07, 6.45) is 0.148. The molecule has 2 aromatic rings. The average Bonchev–Trinajstić information content (AvgIpc) is 2.75. The molecule has 2 aromatic carbocycles. The Kier molecular flexibility index (Phi) is 7.97. The molecule has 31 heavy (non-hydrogen) atoms. The van der Waals surface area contributed by atoms with Crippen LogP contribution in [0.3, 0.4) is 0 Å². The number of carbonyl (C=O) groups is 2. The van der Waals surface area contributed by atoms with E-state index in [-0.39, 0.29) is 33.4 Å². The van der Waals surface area contributed by atoms with Crippen molar-refractivity contribution in [2.45, 2.75) is 31.2 Å². The minimum atomic E-state index is -3.93. The van der Waals surface area contributed by atoms with E-state index >= 15 is 0 Å². The zero-order valence-electron chi connectivity index (χ0n) is 16.6. The van der Waals surface area contributed by atoms with Gasteiger partial charge in [-0.2, -0.15) is 4.72 Å². The summed E-state index contributed by atoms with van der Waals surface area (Å²) in [4.78, 5) is 24.4. The number of benzene rings is 2. The molecule has 166 valence electrons. The first-order chi connectivity index (χ1) is 14.6. The van der Waals surface area contributed by atoms with Crippen molar-refractivity contribution in [1.29, 1.82) is 0 Å². The second-order valence-corrected chi connectivity index (χ2v) is 8.49. The van der Waals surface area contributed by atoms with Gasteiger partial charge in [-0.15, -0.1) is 0 Å². The fourth-order valence-corrected chi connectivity index (χ4v) is 3.92. The molecule has 0 aliphatic carbocycles. The molecule has 0 saturated carbocycles. The van der Waals surface area contributed by atoms with Gasteiger partial charge in [-0.25, -0.2) is 8.42 Å². The van der Waals surface area contributed by atoms with Crippen molar-refractivity contribution in [3.05, 3.63) is 47.5 Å². The lowest BCUT2D eigenvalue weighted by molar-refractivity contribution is -0.117. The summed E-state index contributed by atoms with van der Waals surface area (Å²) in [5.41, 5.74) is -0.315. The van der Waals surface area contributed by atoms with Crippen molar-refractivity contribution >= 4 is 50.5 Å². The molecule has 0 aliphatic heterocycles. The van der Waals surface area contributed by atoms with Crippen LogP contribution in [0.15, 0.2) is 52.5 Å². The Balaban J connectivity index is 2.18. The molecule has 1 unspecified atom stereocenters. The molecular weight excluding hydrogens is 448 g/mol. The van der Waals surface area contributed by atoms with Crippen molar-refractivity contribution in [2.24, 2.45) is 5.16 Å². The van der Waals surface area contributed by atoms with Gasteiger partial charge in [-0.3, -0.25) is 9.59 Å². The molecule has 0 bridgehead atoms. The van der Waals surface area contributed by atoms with Crippen LogP contribution < -0.4 is 15.4 Å². The van der Waals surface area contributed by atoms with Crippen LogP contribution in [0.1, 0.15) is 20.3 Å². The highest BCUT2D eigenvalue weighted by atomic mass is 35.5. The van der Waals surface area contributed by atoms with Gasteiger partial charge in [-0.05, 0) is 31.5 Å². The quantitative estimate of drug-likeness (QED) is 0.173. The zero-order chi connectivity index (χ0) is 23.2. The van der Waals surface area contributed by atoms with E-state index < -0.39 is 33.6 Å². The highest BCUT2D eigenvalue weighted by Gasteiger charge is 2.25. The highest BCUT2D eigenvalue weighted by molar-refractivity contribution is 7.89. The largest absolute Gasteiger partial charge is 0.506 e. The summed E-state index contributed by atoms with van der Waals surface area (Å²) in [7, 11) is -3.93. The van der Waals surface area contributed by atoms with E-state index in [0.717, 1.165) is 6.07 Å². The summed E-state index contributed by atoms with van der Waals surface area (Å²) >= 11 is 6.12. The molecule has 0 fully saturated rings. The molecule has 10 nitrogen and oxygen atoms in total. The van der Waals surface area contributed by atoms with Gasteiger partial charge in [0.1, 0.15) is 17.5 Å². The second-order valence-electron chi connectivity index (χ2n) is 6.37. The number of aromatic hydroxyl groups is 1. The predicted molar refractivity (Wildman–Crippen MR) is 116 cm³/mol. The molecule has 1 atom stereocenters. The third-order valence-corrected chi connectivity index (χ3v) is 5.95. The number of halogens is 1. The minimum absolute atomic E-state index is 0.00655. The number of sulfonamides is 1. The summed E-state index contributed by atoms with van der Waals surface area (Å²) < 4.78 is 27.3. The Labute approximate surface area is 184 Å². The van der Waals surface area contributed by atoms with Crippen molar-refractivity contribution < 1.29 is 28.3 Å². The first-order valence-electron chi connectivity index (χ1n) is 8.99. The number of nitrogens with zero attached hydrogens (tertiary/aromatic N) is 1. The van der Waals surface area contributed by atoms with Crippen LogP contribution >= 0.6 is 11.6 Å². The lowest BCUT2D eigenvalue weighted by atomic mass is 10.2. The molecule has 0 saturated heterocycles. The third kappa shape index (κ3) is 6.17. The van der Waals surface area contributed by atoms with Gasteiger partial charge in [-0.1, -0.05) is 41.9 Å². The van der Waals surface area contributed by atoms with Gasteiger partial charge in [0.2, 0.25) is 15.9 Å². The predicted octanol–water partition coefficient (Wildman–Crippen LogP) is 2.53. The molecule has 12 heteroatoms. The lowest BCUT2D eigenvalue weighted by Gasteiger charge is -2.18. The zero-order valence-corrected chi connectivity index (χ0v) is 18.2. The fraction of sp³-hybridized carbons (Fsp3) is 0.211. The Hall–Kier alpha value is -3.15. The van der Waals surface area contributed by atoms with Gasteiger partial charge < -0.3 is 20.9 Å². The van der Waals surface area contributed by atoms with E-state index in [2.05, 4.69) is 20.5 Å². The number of hydrogen-bond donors (Lipinski definition) is 5. The monoisotopic (exact) mass is 468 g/mol. The topological polar surface area (TPSA) is 157 Å². The molecule has 5 N–H and O–H groups in total. The van der Waals surface area contributed by atoms with Crippen molar-refractivity contribution in [3.63, 3.8) is 0 Å². The highest BCUT2D eigenvalue weighted by Crippen LogP contribution is 2.34. The smallest absolute Gasteiger partial charge is 0.273 e. The Bertz CT molecular complexity index is 1110. The summed E-state index contributed by atoms with van der Waals surface area (Å²) in [5.74, 6) is -1.88.